The number of halogens is 2. The fraction of sp³-hybridized carbons (Fsp3) is 0.0625. The predicted octanol–water partition coefficient (Wildman–Crippen LogP) is 4.30. The van der Waals surface area contributed by atoms with Gasteiger partial charge in [-0.1, -0.05) is 28.1 Å². The van der Waals surface area contributed by atoms with E-state index in [0.29, 0.717) is 16.6 Å². The molecule has 2 aromatic carbocycles. The average Bonchev–Trinajstić information content (AvgIpc) is 2.49. The van der Waals surface area contributed by atoms with Crippen LogP contribution in [0.1, 0.15) is 5.56 Å². The summed E-state index contributed by atoms with van der Waals surface area (Å²) in [5, 5.41) is 0.685. The first kappa shape index (κ1) is 13.8. The van der Waals surface area contributed by atoms with Crippen molar-refractivity contribution < 1.29 is 9.13 Å². The number of hydrogen-bond acceptors (Lipinski definition) is 3. The minimum atomic E-state index is -0.504. The number of aromatic nitrogens is 1. The van der Waals surface area contributed by atoms with Crippen LogP contribution < -0.4 is 10.5 Å². The Kier molecular flexibility index (Phi) is 3.75. The summed E-state index contributed by atoms with van der Waals surface area (Å²) in [6, 6.07) is 12.5. The molecule has 0 aliphatic carbocycles. The first-order valence-electron chi connectivity index (χ1n) is 6.35. The molecule has 5 heteroatoms. The minimum absolute atomic E-state index is 0.128. The van der Waals surface area contributed by atoms with E-state index in [1.807, 2.05) is 24.3 Å². The van der Waals surface area contributed by atoms with Gasteiger partial charge in [0.2, 0.25) is 0 Å². The molecule has 0 radical (unpaired) electrons. The standard InChI is InChI=1S/C16H12BrFN2O/c17-11-5-3-10(4-6-11)9-21-16-13(18)8-14(19)12-2-1-7-20-15(12)16/h1-8H,9,19H2. The van der Waals surface area contributed by atoms with Crippen LogP contribution >= 0.6 is 15.9 Å². The normalized spacial score (nSPS) is 10.8. The van der Waals surface area contributed by atoms with Crippen LogP contribution in [0.5, 0.6) is 5.75 Å². The maximum atomic E-state index is 14.1. The second-order valence-electron chi connectivity index (χ2n) is 4.59. The molecule has 0 atom stereocenters. The fourth-order valence-electron chi connectivity index (χ4n) is 2.09. The molecule has 0 saturated heterocycles. The molecule has 0 bridgehead atoms. The van der Waals surface area contributed by atoms with E-state index in [2.05, 4.69) is 20.9 Å². The van der Waals surface area contributed by atoms with E-state index in [4.69, 9.17) is 10.5 Å². The molecule has 3 nitrogen and oxygen atoms in total. The Labute approximate surface area is 129 Å². The fourth-order valence-corrected chi connectivity index (χ4v) is 2.35. The summed E-state index contributed by atoms with van der Waals surface area (Å²) in [5.41, 5.74) is 7.54. The molecular formula is C16H12BrFN2O. The molecule has 2 N–H and O–H groups in total. The van der Waals surface area contributed by atoms with Crippen molar-refractivity contribution in [1.82, 2.24) is 4.98 Å². The summed E-state index contributed by atoms with van der Waals surface area (Å²) in [5.74, 6) is -0.376. The summed E-state index contributed by atoms with van der Waals surface area (Å²) in [4.78, 5) is 4.18. The largest absolute Gasteiger partial charge is 0.484 e. The molecule has 1 heterocycles. The van der Waals surface area contributed by atoms with Crippen LogP contribution in [0.2, 0.25) is 0 Å². The lowest BCUT2D eigenvalue weighted by molar-refractivity contribution is 0.294. The lowest BCUT2D eigenvalue weighted by Gasteiger charge is -2.11. The van der Waals surface area contributed by atoms with Crippen molar-refractivity contribution in [2.24, 2.45) is 0 Å². The van der Waals surface area contributed by atoms with Crippen LogP contribution in [0.4, 0.5) is 10.1 Å². The highest BCUT2D eigenvalue weighted by Crippen LogP contribution is 2.32. The molecule has 3 aromatic rings. The number of anilines is 1. The Bertz CT molecular complexity index is 790. The van der Waals surface area contributed by atoms with Gasteiger partial charge in [0, 0.05) is 27.8 Å². The van der Waals surface area contributed by atoms with Gasteiger partial charge in [-0.25, -0.2) is 4.39 Å². The van der Waals surface area contributed by atoms with E-state index >= 15 is 0 Å². The number of ether oxygens (including phenoxy) is 1. The van der Waals surface area contributed by atoms with Gasteiger partial charge >= 0.3 is 0 Å². The maximum Gasteiger partial charge on any atom is 0.181 e. The van der Waals surface area contributed by atoms with E-state index in [1.165, 1.54) is 6.07 Å². The quantitative estimate of drug-likeness (QED) is 0.719. The van der Waals surface area contributed by atoms with Gasteiger partial charge in [0.25, 0.3) is 0 Å². The van der Waals surface area contributed by atoms with Crippen LogP contribution in [0.3, 0.4) is 0 Å². The highest BCUT2D eigenvalue weighted by atomic mass is 79.9. The summed E-state index contributed by atoms with van der Waals surface area (Å²) >= 11 is 3.37. The van der Waals surface area contributed by atoms with Crippen molar-refractivity contribution in [2.75, 3.05) is 5.73 Å². The average molecular weight is 347 g/mol. The molecule has 106 valence electrons. The van der Waals surface area contributed by atoms with Gasteiger partial charge in [-0.2, -0.15) is 0 Å². The third-order valence-corrected chi connectivity index (χ3v) is 3.66. The predicted molar refractivity (Wildman–Crippen MR) is 84.6 cm³/mol. The van der Waals surface area contributed by atoms with Gasteiger partial charge < -0.3 is 10.5 Å². The first-order chi connectivity index (χ1) is 10.1. The van der Waals surface area contributed by atoms with Gasteiger partial charge in [0.05, 0.1) is 0 Å². The number of nitrogens with two attached hydrogens (primary N) is 1. The first-order valence-corrected chi connectivity index (χ1v) is 7.14. The van der Waals surface area contributed by atoms with Gasteiger partial charge in [0.15, 0.2) is 11.6 Å². The van der Waals surface area contributed by atoms with Gasteiger partial charge in [-0.15, -0.1) is 0 Å². The third-order valence-electron chi connectivity index (χ3n) is 3.13. The number of pyridine rings is 1. The molecule has 0 saturated carbocycles. The maximum absolute atomic E-state index is 14.1. The van der Waals surface area contributed by atoms with Crippen molar-refractivity contribution in [1.29, 1.82) is 0 Å². The molecule has 0 spiro atoms. The molecular weight excluding hydrogens is 335 g/mol. The summed E-state index contributed by atoms with van der Waals surface area (Å²) in [6.45, 7) is 0.264. The van der Waals surface area contributed by atoms with Gasteiger partial charge in [-0.3, -0.25) is 4.98 Å². The minimum Gasteiger partial charge on any atom is -0.484 e. The molecule has 0 aliphatic rings. The van der Waals surface area contributed by atoms with Crippen molar-refractivity contribution in [3.8, 4) is 5.75 Å². The van der Waals surface area contributed by atoms with E-state index in [1.54, 1.807) is 18.3 Å². The van der Waals surface area contributed by atoms with Crippen LogP contribution in [-0.4, -0.2) is 4.98 Å². The second kappa shape index (κ2) is 5.69. The number of nitrogen functional groups attached to an aromatic ring is 1. The molecule has 1 aromatic heterocycles. The Hall–Kier alpha value is -2.14. The van der Waals surface area contributed by atoms with Crippen LogP contribution in [-0.2, 0) is 6.61 Å². The van der Waals surface area contributed by atoms with Gasteiger partial charge in [0.1, 0.15) is 12.1 Å². The number of hydrogen-bond donors (Lipinski definition) is 1. The van der Waals surface area contributed by atoms with Crippen molar-refractivity contribution in [3.05, 3.63) is 64.5 Å². The second-order valence-corrected chi connectivity index (χ2v) is 5.51. The highest BCUT2D eigenvalue weighted by molar-refractivity contribution is 9.10. The monoisotopic (exact) mass is 346 g/mol. The number of benzene rings is 2. The van der Waals surface area contributed by atoms with E-state index < -0.39 is 5.82 Å². The zero-order chi connectivity index (χ0) is 14.8. The number of fused-ring (bicyclic) bond motifs is 1. The van der Waals surface area contributed by atoms with E-state index in [-0.39, 0.29) is 12.4 Å². The molecule has 3 rings (SSSR count). The van der Waals surface area contributed by atoms with Gasteiger partial charge in [-0.05, 0) is 29.8 Å². The summed E-state index contributed by atoms with van der Waals surface area (Å²) in [7, 11) is 0. The Morgan fingerprint density at radius 3 is 2.71 bits per heavy atom. The SMILES string of the molecule is Nc1cc(F)c(OCc2ccc(Br)cc2)c2ncccc12. The smallest absolute Gasteiger partial charge is 0.181 e. The zero-order valence-electron chi connectivity index (χ0n) is 11.0. The topological polar surface area (TPSA) is 48.1 Å². The van der Waals surface area contributed by atoms with Crippen LogP contribution in [0.25, 0.3) is 10.9 Å². The Balaban J connectivity index is 1.95. The molecule has 0 fully saturated rings. The zero-order valence-corrected chi connectivity index (χ0v) is 12.6. The summed E-state index contributed by atoms with van der Waals surface area (Å²) in [6.07, 6.45) is 1.59. The van der Waals surface area contributed by atoms with E-state index in [0.717, 1.165) is 10.0 Å². The molecule has 0 unspecified atom stereocenters. The molecule has 0 amide bonds. The van der Waals surface area contributed by atoms with Crippen molar-refractivity contribution in [3.63, 3.8) is 0 Å². The van der Waals surface area contributed by atoms with Crippen molar-refractivity contribution in [2.45, 2.75) is 6.61 Å². The number of rotatable bonds is 3. The van der Waals surface area contributed by atoms with Crippen molar-refractivity contribution >= 4 is 32.5 Å². The highest BCUT2D eigenvalue weighted by Gasteiger charge is 2.13. The Morgan fingerprint density at radius 2 is 1.95 bits per heavy atom. The lowest BCUT2D eigenvalue weighted by atomic mass is 10.1. The lowest BCUT2D eigenvalue weighted by Crippen LogP contribution is -2.01. The van der Waals surface area contributed by atoms with Crippen LogP contribution in [0.15, 0.2) is 53.1 Å². The molecule has 0 aliphatic heterocycles. The molecule has 21 heavy (non-hydrogen) atoms. The summed E-state index contributed by atoms with van der Waals surface area (Å²) < 4.78 is 20.7. The Morgan fingerprint density at radius 1 is 1.19 bits per heavy atom. The van der Waals surface area contributed by atoms with E-state index in [9.17, 15) is 4.39 Å². The van der Waals surface area contributed by atoms with Crippen LogP contribution in [0, 0.1) is 5.82 Å². The third kappa shape index (κ3) is 2.83. The number of nitrogens with zero attached hydrogens (tertiary/aromatic N) is 1.